The van der Waals surface area contributed by atoms with Gasteiger partial charge in [0.25, 0.3) is 0 Å². The van der Waals surface area contributed by atoms with E-state index in [-0.39, 0.29) is 12.6 Å². The Morgan fingerprint density at radius 2 is 1.84 bits per heavy atom. The van der Waals surface area contributed by atoms with Crippen LogP contribution in [0.25, 0.3) is 6.08 Å². The monoisotopic (exact) mass is 361 g/mol. The fraction of sp³-hybridized carbons (Fsp3) is 0.294. The summed E-state index contributed by atoms with van der Waals surface area (Å²) < 4.78 is 36.9. The number of nitrogens with zero attached hydrogens (tertiary/aromatic N) is 3. The van der Waals surface area contributed by atoms with E-state index < -0.39 is 10.0 Å². The van der Waals surface area contributed by atoms with Crippen molar-refractivity contribution in [3.05, 3.63) is 53.4 Å². The molecule has 1 aliphatic rings. The molecule has 2 aromatic rings. The van der Waals surface area contributed by atoms with Gasteiger partial charge in [0.05, 0.1) is 13.7 Å². The lowest BCUT2D eigenvalue weighted by molar-refractivity contribution is 0.203. The molecule has 1 unspecified atom stereocenters. The molecule has 0 bridgehead atoms. The predicted octanol–water partition coefficient (Wildman–Crippen LogP) is 1.94. The second-order valence-corrected chi connectivity index (χ2v) is 7.38. The van der Waals surface area contributed by atoms with Crippen LogP contribution in [0.15, 0.2) is 47.9 Å². The van der Waals surface area contributed by atoms with Gasteiger partial charge in [-0.3, -0.25) is 0 Å². The summed E-state index contributed by atoms with van der Waals surface area (Å²) in [4.78, 5) is 0. The zero-order chi connectivity index (χ0) is 17.7. The lowest BCUT2D eigenvalue weighted by Crippen LogP contribution is -2.29. The predicted molar refractivity (Wildman–Crippen MR) is 93.6 cm³/mol. The quantitative estimate of drug-likeness (QED) is 0.782. The molecule has 2 heterocycles. The third kappa shape index (κ3) is 4.55. The minimum Gasteiger partial charge on any atom is -0.480 e. The second kappa shape index (κ2) is 7.62. The zero-order valence-electron chi connectivity index (χ0n) is 13.8. The van der Waals surface area contributed by atoms with Gasteiger partial charge in [-0.1, -0.05) is 30.3 Å². The molecular formula is C17H19N3O4S. The zero-order valence-corrected chi connectivity index (χ0v) is 14.6. The molecule has 0 saturated carbocycles. The van der Waals surface area contributed by atoms with E-state index in [0.29, 0.717) is 24.7 Å². The summed E-state index contributed by atoms with van der Waals surface area (Å²) in [6.07, 6.45) is 1.95. The van der Waals surface area contributed by atoms with Crippen molar-refractivity contribution >= 4 is 16.1 Å². The van der Waals surface area contributed by atoms with Crippen molar-refractivity contribution in [1.29, 1.82) is 0 Å². The van der Waals surface area contributed by atoms with E-state index in [2.05, 4.69) is 10.2 Å². The molecule has 1 aromatic heterocycles. The van der Waals surface area contributed by atoms with Crippen molar-refractivity contribution in [2.45, 2.75) is 12.5 Å². The Labute approximate surface area is 147 Å². The Morgan fingerprint density at radius 3 is 2.52 bits per heavy atom. The Morgan fingerprint density at radius 1 is 1.12 bits per heavy atom. The van der Waals surface area contributed by atoms with Crippen LogP contribution in [0.3, 0.4) is 0 Å². The lowest BCUT2D eigenvalue weighted by atomic mass is 10.2. The highest BCUT2D eigenvalue weighted by Crippen LogP contribution is 2.20. The fourth-order valence-corrected chi connectivity index (χ4v) is 3.73. The third-order valence-corrected chi connectivity index (χ3v) is 5.34. The third-order valence-electron chi connectivity index (χ3n) is 3.81. The van der Waals surface area contributed by atoms with Gasteiger partial charge in [0, 0.05) is 24.1 Å². The van der Waals surface area contributed by atoms with E-state index in [1.54, 1.807) is 18.2 Å². The summed E-state index contributed by atoms with van der Waals surface area (Å²) in [5.74, 6) is 0.749. The van der Waals surface area contributed by atoms with E-state index in [0.717, 1.165) is 5.56 Å². The molecule has 8 heteroatoms. The van der Waals surface area contributed by atoms with Crippen LogP contribution in [0.2, 0.25) is 0 Å². The molecule has 1 fully saturated rings. The first kappa shape index (κ1) is 17.4. The van der Waals surface area contributed by atoms with Crippen LogP contribution in [-0.4, -0.2) is 49.2 Å². The van der Waals surface area contributed by atoms with Crippen LogP contribution >= 0.6 is 0 Å². The summed E-state index contributed by atoms with van der Waals surface area (Å²) in [5, 5.41) is 8.96. The average molecular weight is 361 g/mol. The van der Waals surface area contributed by atoms with E-state index in [4.69, 9.17) is 9.47 Å². The van der Waals surface area contributed by atoms with Crippen molar-refractivity contribution in [3.8, 4) is 11.8 Å². The highest BCUT2D eigenvalue weighted by atomic mass is 32.2. The van der Waals surface area contributed by atoms with Gasteiger partial charge in [0.2, 0.25) is 21.8 Å². The van der Waals surface area contributed by atoms with Crippen LogP contribution in [0, 0.1) is 0 Å². The van der Waals surface area contributed by atoms with Crippen LogP contribution in [0.1, 0.15) is 12.0 Å². The molecule has 1 saturated heterocycles. The van der Waals surface area contributed by atoms with E-state index in [1.165, 1.54) is 16.8 Å². The molecule has 3 rings (SSSR count). The van der Waals surface area contributed by atoms with Crippen molar-refractivity contribution in [1.82, 2.24) is 14.5 Å². The number of benzene rings is 1. The highest BCUT2D eigenvalue weighted by molar-refractivity contribution is 7.92. The maximum absolute atomic E-state index is 12.4. The van der Waals surface area contributed by atoms with Crippen LogP contribution in [0.4, 0.5) is 0 Å². The largest absolute Gasteiger partial charge is 0.480 e. The lowest BCUT2D eigenvalue weighted by Gasteiger charge is -2.14. The summed E-state index contributed by atoms with van der Waals surface area (Å²) in [5.41, 5.74) is 0.839. The van der Waals surface area contributed by atoms with Gasteiger partial charge >= 0.3 is 0 Å². The first-order chi connectivity index (χ1) is 12.1. The SMILES string of the molecule is COc1ccc(OC2CCN(S(=O)(=O)/C=C/c3ccccc3)C2)nn1. The maximum Gasteiger partial charge on any atom is 0.236 e. The first-order valence-electron chi connectivity index (χ1n) is 7.84. The van der Waals surface area contributed by atoms with Crippen molar-refractivity contribution in [3.63, 3.8) is 0 Å². The molecule has 132 valence electrons. The van der Waals surface area contributed by atoms with Gasteiger partial charge in [-0.2, -0.15) is 4.31 Å². The van der Waals surface area contributed by atoms with E-state index >= 15 is 0 Å². The number of hydrogen-bond acceptors (Lipinski definition) is 6. The topological polar surface area (TPSA) is 81.6 Å². The molecule has 25 heavy (non-hydrogen) atoms. The number of ether oxygens (including phenoxy) is 2. The number of rotatable bonds is 6. The van der Waals surface area contributed by atoms with E-state index in [9.17, 15) is 8.42 Å². The summed E-state index contributed by atoms with van der Waals surface area (Å²) in [6.45, 7) is 0.699. The van der Waals surface area contributed by atoms with Crippen LogP contribution in [0.5, 0.6) is 11.8 Å². The normalized spacial score (nSPS) is 18.5. The number of aromatic nitrogens is 2. The smallest absolute Gasteiger partial charge is 0.236 e. The van der Waals surface area contributed by atoms with Crippen molar-refractivity contribution < 1.29 is 17.9 Å². The maximum atomic E-state index is 12.4. The average Bonchev–Trinajstić information content (AvgIpc) is 3.11. The Balaban J connectivity index is 1.60. The number of sulfonamides is 1. The number of methoxy groups -OCH3 is 1. The van der Waals surface area contributed by atoms with E-state index in [1.807, 2.05) is 30.3 Å². The minimum atomic E-state index is -3.48. The van der Waals surface area contributed by atoms with Gasteiger partial charge in [0.1, 0.15) is 6.10 Å². The Bertz CT molecular complexity index is 823. The van der Waals surface area contributed by atoms with Crippen LogP contribution in [-0.2, 0) is 10.0 Å². The molecule has 0 aliphatic carbocycles. The summed E-state index contributed by atoms with van der Waals surface area (Å²) in [6, 6.07) is 12.6. The van der Waals surface area contributed by atoms with Crippen LogP contribution < -0.4 is 9.47 Å². The molecule has 0 N–H and O–H groups in total. The molecular weight excluding hydrogens is 342 g/mol. The van der Waals surface area contributed by atoms with Gasteiger partial charge in [-0.15, -0.1) is 10.2 Å². The molecule has 0 spiro atoms. The summed E-state index contributed by atoms with van der Waals surface area (Å²) in [7, 11) is -1.97. The Hall–Kier alpha value is -2.45. The van der Waals surface area contributed by atoms with Gasteiger partial charge in [-0.05, 0) is 18.1 Å². The van der Waals surface area contributed by atoms with Gasteiger partial charge < -0.3 is 9.47 Å². The molecule has 0 amide bonds. The Kier molecular flexibility index (Phi) is 5.30. The molecule has 1 aromatic carbocycles. The first-order valence-corrected chi connectivity index (χ1v) is 9.35. The molecule has 0 radical (unpaired) electrons. The van der Waals surface area contributed by atoms with Gasteiger partial charge in [0.15, 0.2) is 0 Å². The number of hydrogen-bond donors (Lipinski definition) is 0. The molecule has 7 nitrogen and oxygen atoms in total. The second-order valence-electron chi connectivity index (χ2n) is 5.56. The minimum absolute atomic E-state index is 0.248. The highest BCUT2D eigenvalue weighted by Gasteiger charge is 2.31. The van der Waals surface area contributed by atoms with Crippen molar-refractivity contribution in [2.75, 3.05) is 20.2 Å². The van der Waals surface area contributed by atoms with Gasteiger partial charge in [-0.25, -0.2) is 8.42 Å². The standard InChI is InChI=1S/C17H19N3O4S/c1-23-16-7-8-17(19-18-16)24-15-9-11-20(13-15)25(21,22)12-10-14-5-3-2-4-6-14/h2-8,10,12,15H,9,11,13H2,1H3/b12-10+. The molecule has 1 aliphatic heterocycles. The molecule has 1 atom stereocenters. The van der Waals surface area contributed by atoms with Crippen molar-refractivity contribution in [2.24, 2.45) is 0 Å². The fourth-order valence-electron chi connectivity index (χ4n) is 2.49. The summed E-state index contributed by atoms with van der Waals surface area (Å²) >= 11 is 0.